The molecule has 0 spiro atoms. The molecule has 1 aliphatic heterocycles. The van der Waals surface area contributed by atoms with Crippen LogP contribution in [0.1, 0.15) is 6.92 Å². The summed E-state index contributed by atoms with van der Waals surface area (Å²) in [5, 5.41) is 10.3. The molecular formula is C5H6F3LiO2. The van der Waals surface area contributed by atoms with Gasteiger partial charge in [0.25, 0.3) is 0 Å². The maximum atomic E-state index is 11.5. The second-order valence-corrected chi connectivity index (χ2v) is 2.27. The minimum Gasteiger partial charge on any atom is -0.844 e. The first-order chi connectivity index (χ1) is 4.43. The van der Waals surface area contributed by atoms with E-state index in [2.05, 4.69) is 4.74 Å². The zero-order valence-corrected chi connectivity index (χ0v) is 6.18. The van der Waals surface area contributed by atoms with E-state index in [9.17, 15) is 18.3 Å². The molecular weight excluding hydrogens is 156 g/mol. The van der Waals surface area contributed by atoms with E-state index in [4.69, 9.17) is 0 Å². The van der Waals surface area contributed by atoms with E-state index in [0.29, 0.717) is 0 Å². The first kappa shape index (κ1) is 11.3. The van der Waals surface area contributed by atoms with Gasteiger partial charge in [0, 0.05) is 6.10 Å². The average Bonchev–Trinajstić information content (AvgIpc) is 2.42. The molecule has 1 saturated heterocycles. The van der Waals surface area contributed by atoms with Gasteiger partial charge in [-0.25, -0.2) is 0 Å². The predicted octanol–water partition coefficient (Wildman–Crippen LogP) is -2.93. The van der Waals surface area contributed by atoms with Crippen molar-refractivity contribution in [2.45, 2.75) is 31.4 Å². The van der Waals surface area contributed by atoms with E-state index in [0.717, 1.165) is 0 Å². The molecule has 0 radical (unpaired) electrons. The third kappa shape index (κ3) is 2.67. The maximum absolute atomic E-state index is 11.5. The summed E-state index contributed by atoms with van der Waals surface area (Å²) in [6.07, 6.45) is -8.90. The van der Waals surface area contributed by atoms with Crippen LogP contribution in [0.25, 0.3) is 0 Å². The molecule has 0 aliphatic carbocycles. The van der Waals surface area contributed by atoms with Crippen LogP contribution in [-0.4, -0.2) is 24.5 Å². The van der Waals surface area contributed by atoms with Gasteiger partial charge in [-0.2, -0.15) is 13.2 Å². The first-order valence-electron chi connectivity index (χ1n) is 2.81. The zero-order valence-electron chi connectivity index (χ0n) is 6.18. The number of rotatable bonds is 1. The van der Waals surface area contributed by atoms with Crippen LogP contribution in [0.5, 0.6) is 0 Å². The molecule has 0 amide bonds. The van der Waals surface area contributed by atoms with E-state index < -0.39 is 24.5 Å². The summed E-state index contributed by atoms with van der Waals surface area (Å²) >= 11 is 0. The van der Waals surface area contributed by atoms with Crippen molar-refractivity contribution >= 4 is 0 Å². The predicted molar refractivity (Wildman–Crippen MR) is 24.2 cm³/mol. The normalized spacial score (nSPS) is 32.5. The summed E-state index contributed by atoms with van der Waals surface area (Å²) in [6.45, 7) is 1.45. The Balaban J connectivity index is 0.000001000. The number of ether oxygens (including phenoxy) is 1. The second-order valence-electron chi connectivity index (χ2n) is 2.27. The number of hydrogen-bond acceptors (Lipinski definition) is 2. The summed E-state index contributed by atoms with van der Waals surface area (Å²) in [6, 6.07) is 0. The molecule has 0 aromatic carbocycles. The van der Waals surface area contributed by atoms with Crippen molar-refractivity contribution in [3.8, 4) is 0 Å². The Kier molecular flexibility index (Phi) is 3.45. The fourth-order valence-electron chi connectivity index (χ4n) is 0.706. The fraction of sp³-hybridized carbons (Fsp3) is 1.00. The monoisotopic (exact) mass is 162 g/mol. The van der Waals surface area contributed by atoms with Crippen LogP contribution >= 0.6 is 0 Å². The van der Waals surface area contributed by atoms with Crippen LogP contribution in [0.4, 0.5) is 13.2 Å². The van der Waals surface area contributed by atoms with Crippen LogP contribution in [-0.2, 0) is 4.74 Å². The Bertz CT molecular complexity index is 138. The molecule has 1 heterocycles. The van der Waals surface area contributed by atoms with Gasteiger partial charge < -0.3 is 9.84 Å². The van der Waals surface area contributed by atoms with E-state index in [1.807, 2.05) is 0 Å². The molecule has 0 saturated carbocycles. The average molecular weight is 162 g/mol. The molecule has 1 aliphatic rings. The SMILES string of the molecule is C[C@H]1O[C@@H]1[C@H]([O-])C(F)(F)F.[Li+]. The Morgan fingerprint density at radius 3 is 1.91 bits per heavy atom. The second kappa shape index (κ2) is 3.36. The van der Waals surface area contributed by atoms with Crippen molar-refractivity contribution in [1.29, 1.82) is 0 Å². The molecule has 3 atom stereocenters. The van der Waals surface area contributed by atoms with Crippen molar-refractivity contribution in [3.05, 3.63) is 0 Å². The van der Waals surface area contributed by atoms with E-state index in [1.54, 1.807) is 0 Å². The summed E-state index contributed by atoms with van der Waals surface area (Å²) in [7, 11) is 0. The molecule has 0 unspecified atom stereocenters. The van der Waals surface area contributed by atoms with Gasteiger partial charge in [0.2, 0.25) is 0 Å². The molecule has 0 N–H and O–H groups in total. The van der Waals surface area contributed by atoms with Crippen molar-refractivity contribution in [2.24, 2.45) is 0 Å². The van der Waals surface area contributed by atoms with Gasteiger partial charge >= 0.3 is 25.0 Å². The smallest absolute Gasteiger partial charge is 0.844 e. The number of epoxide rings is 1. The van der Waals surface area contributed by atoms with E-state index in [1.165, 1.54) is 6.92 Å². The molecule has 2 nitrogen and oxygen atoms in total. The molecule has 6 heteroatoms. The van der Waals surface area contributed by atoms with Crippen LogP contribution in [0.15, 0.2) is 0 Å². The Labute approximate surface area is 73.9 Å². The first-order valence-corrected chi connectivity index (χ1v) is 2.81. The number of alkyl halides is 3. The largest absolute Gasteiger partial charge is 1.00 e. The van der Waals surface area contributed by atoms with Crippen molar-refractivity contribution in [3.63, 3.8) is 0 Å². The van der Waals surface area contributed by atoms with Crippen LogP contribution < -0.4 is 24.0 Å². The van der Waals surface area contributed by atoms with Gasteiger partial charge in [-0.15, -0.1) is 0 Å². The summed E-state index contributed by atoms with van der Waals surface area (Å²) in [5.74, 6) is 0. The molecule has 1 rings (SSSR count). The van der Waals surface area contributed by atoms with Gasteiger partial charge in [0.05, 0.1) is 12.2 Å². The minimum absolute atomic E-state index is 0. The van der Waals surface area contributed by atoms with Crippen molar-refractivity contribution in [1.82, 2.24) is 0 Å². The number of hydrogen-bond donors (Lipinski definition) is 0. The molecule has 11 heavy (non-hydrogen) atoms. The van der Waals surface area contributed by atoms with E-state index >= 15 is 0 Å². The Hall–Kier alpha value is 0.307. The van der Waals surface area contributed by atoms with E-state index in [-0.39, 0.29) is 18.9 Å². The molecule has 1 fully saturated rings. The quantitative estimate of drug-likeness (QED) is 0.305. The van der Waals surface area contributed by atoms with Gasteiger partial charge in [-0.3, -0.25) is 0 Å². The minimum atomic E-state index is -4.66. The topological polar surface area (TPSA) is 35.6 Å². The molecule has 0 bridgehead atoms. The third-order valence-electron chi connectivity index (χ3n) is 1.38. The summed E-state index contributed by atoms with van der Waals surface area (Å²) in [5.41, 5.74) is 0. The molecule has 0 aromatic rings. The zero-order chi connectivity index (χ0) is 7.94. The number of halogens is 3. The molecule has 0 aromatic heterocycles. The van der Waals surface area contributed by atoms with Gasteiger partial charge in [0.1, 0.15) is 0 Å². The van der Waals surface area contributed by atoms with Crippen molar-refractivity contribution in [2.75, 3.05) is 0 Å². The maximum Gasteiger partial charge on any atom is 1.00 e. The van der Waals surface area contributed by atoms with Gasteiger partial charge in [-0.05, 0) is 6.92 Å². The van der Waals surface area contributed by atoms with Gasteiger partial charge in [-0.1, -0.05) is 0 Å². The Morgan fingerprint density at radius 2 is 1.82 bits per heavy atom. The standard InChI is InChI=1S/C5H6F3O2.Li/c1-2-3(10-2)4(9)5(6,7)8;/h2-4H,1H3;/q-1;+1/t2-,3+,4+;/m1./s1. The fourth-order valence-corrected chi connectivity index (χ4v) is 0.706. The summed E-state index contributed by atoms with van der Waals surface area (Å²) < 4.78 is 38.9. The third-order valence-corrected chi connectivity index (χ3v) is 1.38. The van der Waals surface area contributed by atoms with Crippen molar-refractivity contribution < 1.29 is 41.9 Å². The van der Waals surface area contributed by atoms with Crippen LogP contribution in [0, 0.1) is 0 Å². The van der Waals surface area contributed by atoms with Crippen LogP contribution in [0.3, 0.4) is 0 Å². The molecule has 60 valence electrons. The van der Waals surface area contributed by atoms with Gasteiger partial charge in [0.15, 0.2) is 0 Å². The summed E-state index contributed by atoms with van der Waals surface area (Å²) in [4.78, 5) is 0. The Morgan fingerprint density at radius 1 is 1.45 bits per heavy atom. The van der Waals surface area contributed by atoms with Crippen LogP contribution in [0.2, 0.25) is 0 Å².